The Morgan fingerprint density at radius 3 is 1.53 bits per heavy atom. The van der Waals surface area contributed by atoms with E-state index in [4.69, 9.17) is 23.7 Å². The summed E-state index contributed by atoms with van der Waals surface area (Å²) in [5.74, 6) is -3.44. The molecular formula is C38H29N5O10. The molecule has 3 heterocycles. The van der Waals surface area contributed by atoms with Gasteiger partial charge in [0.05, 0.1) is 35.1 Å². The smallest absolute Gasteiger partial charge is 0.340 e. The van der Waals surface area contributed by atoms with Crippen LogP contribution in [0.1, 0.15) is 41.4 Å². The Balaban J connectivity index is 1.34. The summed E-state index contributed by atoms with van der Waals surface area (Å²) in [5, 5.41) is 7.98. The van der Waals surface area contributed by atoms with Crippen molar-refractivity contribution in [1.82, 2.24) is 25.0 Å². The number of aromatic nitrogens is 5. The summed E-state index contributed by atoms with van der Waals surface area (Å²) < 4.78 is 31.5. The molecule has 4 aromatic carbocycles. The first-order valence-corrected chi connectivity index (χ1v) is 16.3. The van der Waals surface area contributed by atoms with Crippen LogP contribution in [-0.2, 0) is 30.2 Å². The first-order chi connectivity index (χ1) is 25.9. The molecule has 0 saturated carbocycles. The van der Waals surface area contributed by atoms with E-state index in [2.05, 4.69) is 20.3 Å². The first kappa shape index (κ1) is 34.4. The largest absolute Gasteiger partial charge is 0.452 e. The number of H-pyrrole nitrogens is 1. The number of nitrogens with one attached hydrogen (secondary N) is 1. The maximum absolute atomic E-state index is 13.8. The quantitative estimate of drug-likeness (QED) is 0.159. The maximum Gasteiger partial charge on any atom is 0.340 e. The zero-order valence-electron chi connectivity index (χ0n) is 27.6. The number of aromatic amines is 1. The molecule has 266 valence electrons. The van der Waals surface area contributed by atoms with Gasteiger partial charge in [-0.15, -0.1) is 5.10 Å². The summed E-state index contributed by atoms with van der Waals surface area (Å²) in [4.78, 5) is 73.7. The lowest BCUT2D eigenvalue weighted by atomic mass is 9.97. The molecule has 5 atom stereocenters. The van der Waals surface area contributed by atoms with E-state index < -0.39 is 60.1 Å². The fourth-order valence-electron chi connectivity index (χ4n) is 5.66. The Morgan fingerprint density at radius 1 is 0.604 bits per heavy atom. The number of hydrogen-bond acceptors (Lipinski definition) is 13. The highest BCUT2D eigenvalue weighted by Crippen LogP contribution is 2.33. The molecule has 1 N–H and O–H groups in total. The molecule has 0 amide bonds. The van der Waals surface area contributed by atoms with Crippen LogP contribution in [0.5, 0.6) is 0 Å². The second-order valence-corrected chi connectivity index (χ2v) is 11.7. The van der Waals surface area contributed by atoms with Crippen LogP contribution in [0.2, 0.25) is 0 Å². The Morgan fingerprint density at radius 2 is 1.04 bits per heavy atom. The molecule has 0 radical (unpaired) electrons. The molecule has 0 aliphatic carbocycles. The summed E-state index contributed by atoms with van der Waals surface area (Å²) in [6.45, 7) is -0.322. The lowest BCUT2D eigenvalue weighted by molar-refractivity contribution is -0.280. The minimum Gasteiger partial charge on any atom is -0.452 e. The second kappa shape index (κ2) is 15.5. The zero-order chi connectivity index (χ0) is 36.7. The Hall–Kier alpha value is -7.00. The van der Waals surface area contributed by atoms with Crippen molar-refractivity contribution in [3.63, 3.8) is 0 Å². The third-order valence-electron chi connectivity index (χ3n) is 8.24. The van der Waals surface area contributed by atoms with Gasteiger partial charge in [-0.1, -0.05) is 78.0 Å². The average Bonchev–Trinajstić information content (AvgIpc) is 3.62. The number of benzene rings is 4. The van der Waals surface area contributed by atoms with E-state index in [-0.39, 0.29) is 40.0 Å². The molecule has 1 saturated heterocycles. The SMILES string of the molecule is O=C(O[C@H]1O[C@H](Cn2nnc3c(=O)[nH]cnc32)[C@@H](OC(=O)c2ccccc2)[C@H](OC(=O)c2ccccc2)[C@H]1OC(=O)c1ccccc1)c1ccccc1. The number of rotatable bonds is 10. The monoisotopic (exact) mass is 715 g/mol. The van der Waals surface area contributed by atoms with Crippen LogP contribution in [0.4, 0.5) is 0 Å². The van der Waals surface area contributed by atoms with E-state index in [9.17, 15) is 24.0 Å². The number of esters is 4. The van der Waals surface area contributed by atoms with Gasteiger partial charge in [-0.25, -0.2) is 28.8 Å². The van der Waals surface area contributed by atoms with E-state index in [1.54, 1.807) is 72.8 Å². The van der Waals surface area contributed by atoms with Crippen molar-refractivity contribution in [2.24, 2.45) is 0 Å². The fourth-order valence-corrected chi connectivity index (χ4v) is 5.66. The minimum absolute atomic E-state index is 0.0544. The second-order valence-electron chi connectivity index (χ2n) is 11.7. The van der Waals surface area contributed by atoms with E-state index in [1.807, 2.05) is 0 Å². The number of carbonyl (C=O) groups excluding carboxylic acids is 4. The number of fused-ring (bicyclic) bond motifs is 1. The number of hydrogen-bond donors (Lipinski definition) is 1. The normalized spacial score (nSPS) is 19.5. The van der Waals surface area contributed by atoms with Crippen LogP contribution in [0, 0.1) is 0 Å². The van der Waals surface area contributed by atoms with E-state index >= 15 is 0 Å². The van der Waals surface area contributed by atoms with Crippen molar-refractivity contribution in [3.05, 3.63) is 160 Å². The number of carbonyl (C=O) groups is 4. The summed E-state index contributed by atoms with van der Waals surface area (Å²) >= 11 is 0. The molecule has 1 aliphatic rings. The van der Waals surface area contributed by atoms with E-state index in [0.717, 1.165) is 6.33 Å². The van der Waals surface area contributed by atoms with Crippen molar-refractivity contribution in [2.75, 3.05) is 0 Å². The lowest BCUT2D eigenvalue weighted by Crippen LogP contribution is -2.63. The van der Waals surface area contributed by atoms with Crippen molar-refractivity contribution in [3.8, 4) is 0 Å². The van der Waals surface area contributed by atoms with Crippen molar-refractivity contribution >= 4 is 35.0 Å². The standard InChI is InChI=1S/C38H29N5O10/c44-33-28-32(39-22-40-33)43(42-41-28)21-27-29(50-34(45)23-13-5-1-6-14-23)30(51-35(46)24-15-7-2-8-16-24)31(52-36(47)25-17-9-3-10-18-25)38(49-27)53-37(48)26-19-11-4-12-20-26/h1-20,22,27,29-31,38H,21H2,(H,39,40,44)/t27-,29-,30+,31-,38-/m1/s1. The van der Waals surface area contributed by atoms with Crippen LogP contribution in [-0.4, -0.2) is 79.5 Å². The van der Waals surface area contributed by atoms with E-state index in [0.29, 0.717) is 0 Å². The Labute approximate surface area is 300 Å². The predicted octanol–water partition coefficient (Wildman–Crippen LogP) is 3.77. The summed E-state index contributed by atoms with van der Waals surface area (Å²) in [6.07, 6.45) is -6.82. The minimum atomic E-state index is -1.74. The average molecular weight is 716 g/mol. The van der Waals surface area contributed by atoms with Gasteiger partial charge in [-0.05, 0) is 48.5 Å². The van der Waals surface area contributed by atoms with Gasteiger partial charge in [-0.3, -0.25) is 4.79 Å². The summed E-state index contributed by atoms with van der Waals surface area (Å²) in [6, 6.07) is 31.9. The molecule has 53 heavy (non-hydrogen) atoms. The van der Waals surface area contributed by atoms with Gasteiger partial charge in [0.25, 0.3) is 5.56 Å². The van der Waals surface area contributed by atoms with E-state index in [1.165, 1.54) is 53.2 Å². The third kappa shape index (κ3) is 7.69. The van der Waals surface area contributed by atoms with Gasteiger partial charge < -0.3 is 28.7 Å². The summed E-state index contributed by atoms with van der Waals surface area (Å²) in [5.41, 5.74) is -0.0561. The number of ether oxygens (including phenoxy) is 5. The molecule has 6 aromatic rings. The van der Waals surface area contributed by atoms with Crippen LogP contribution in [0.25, 0.3) is 11.2 Å². The molecule has 15 nitrogen and oxygen atoms in total. The van der Waals surface area contributed by atoms with Crippen molar-refractivity contribution in [1.29, 1.82) is 0 Å². The molecule has 2 aromatic heterocycles. The van der Waals surface area contributed by atoms with Gasteiger partial charge in [-0.2, -0.15) is 0 Å². The van der Waals surface area contributed by atoms with Crippen molar-refractivity contribution in [2.45, 2.75) is 37.3 Å². The highest BCUT2D eigenvalue weighted by atomic mass is 16.7. The highest BCUT2D eigenvalue weighted by molar-refractivity contribution is 5.92. The third-order valence-corrected chi connectivity index (χ3v) is 8.24. The first-order valence-electron chi connectivity index (χ1n) is 16.3. The highest BCUT2D eigenvalue weighted by Gasteiger charge is 2.54. The molecule has 1 aliphatic heterocycles. The fraction of sp³-hybridized carbons (Fsp3) is 0.158. The summed E-state index contributed by atoms with van der Waals surface area (Å²) in [7, 11) is 0. The molecule has 7 rings (SSSR count). The van der Waals surface area contributed by atoms with Crippen LogP contribution < -0.4 is 5.56 Å². The van der Waals surface area contributed by atoms with Gasteiger partial charge in [0.1, 0.15) is 6.10 Å². The molecule has 0 unspecified atom stereocenters. The lowest BCUT2D eigenvalue weighted by Gasteiger charge is -2.44. The predicted molar refractivity (Wildman–Crippen MR) is 183 cm³/mol. The van der Waals surface area contributed by atoms with Gasteiger partial charge in [0, 0.05) is 0 Å². The van der Waals surface area contributed by atoms with Crippen molar-refractivity contribution < 1.29 is 42.9 Å². The molecular weight excluding hydrogens is 686 g/mol. The van der Waals surface area contributed by atoms with Crippen LogP contribution in [0.15, 0.2) is 132 Å². The molecule has 1 fully saturated rings. The number of nitrogens with zero attached hydrogens (tertiary/aromatic N) is 4. The van der Waals surface area contributed by atoms with Crippen LogP contribution in [0.3, 0.4) is 0 Å². The zero-order valence-corrected chi connectivity index (χ0v) is 27.6. The molecule has 0 spiro atoms. The molecule has 0 bridgehead atoms. The Bertz CT molecular complexity index is 2280. The van der Waals surface area contributed by atoms with Crippen LogP contribution >= 0.6 is 0 Å². The topological polar surface area (TPSA) is 191 Å². The van der Waals surface area contributed by atoms with Gasteiger partial charge >= 0.3 is 23.9 Å². The van der Waals surface area contributed by atoms with Gasteiger partial charge in [0.15, 0.2) is 23.4 Å². The Kier molecular flexibility index (Phi) is 10.1. The van der Waals surface area contributed by atoms with Gasteiger partial charge in [0.2, 0.25) is 12.4 Å². The molecule has 15 heteroatoms. The maximum atomic E-state index is 13.8.